The van der Waals surface area contributed by atoms with Crippen LogP contribution >= 0.6 is 12.4 Å². The summed E-state index contributed by atoms with van der Waals surface area (Å²) in [7, 11) is 3.42. The SMILES string of the molecule is CNC(=O)c1ccc(CN(C)C(=O)C[C@@H]2CCC[C@H]2N)cc1.Cl. The van der Waals surface area contributed by atoms with Crippen molar-refractivity contribution in [2.45, 2.75) is 38.3 Å². The number of carbonyl (C=O) groups is 2. The second-order valence-electron chi connectivity index (χ2n) is 6.08. The van der Waals surface area contributed by atoms with Gasteiger partial charge in [-0.2, -0.15) is 0 Å². The van der Waals surface area contributed by atoms with Crippen LogP contribution in [0.15, 0.2) is 24.3 Å². The molecule has 0 unspecified atom stereocenters. The molecule has 2 rings (SSSR count). The lowest BCUT2D eigenvalue weighted by atomic mass is 9.99. The number of carbonyl (C=O) groups excluding carboxylic acids is 2. The van der Waals surface area contributed by atoms with E-state index in [9.17, 15) is 9.59 Å². The Hall–Kier alpha value is -1.59. The second-order valence-corrected chi connectivity index (χ2v) is 6.08. The molecule has 2 atom stereocenters. The molecule has 5 nitrogen and oxygen atoms in total. The van der Waals surface area contributed by atoms with Gasteiger partial charge in [0, 0.05) is 38.7 Å². The van der Waals surface area contributed by atoms with Crippen LogP contribution in [0.3, 0.4) is 0 Å². The molecule has 0 aliphatic heterocycles. The van der Waals surface area contributed by atoms with E-state index in [1.54, 1.807) is 24.1 Å². The highest BCUT2D eigenvalue weighted by atomic mass is 35.5. The van der Waals surface area contributed by atoms with Crippen molar-refractivity contribution in [3.8, 4) is 0 Å². The van der Waals surface area contributed by atoms with Gasteiger partial charge in [-0.25, -0.2) is 0 Å². The van der Waals surface area contributed by atoms with Crippen LogP contribution in [0.25, 0.3) is 0 Å². The maximum atomic E-state index is 12.3. The van der Waals surface area contributed by atoms with Crippen LogP contribution in [0.1, 0.15) is 41.6 Å². The van der Waals surface area contributed by atoms with E-state index < -0.39 is 0 Å². The lowest BCUT2D eigenvalue weighted by Crippen LogP contribution is -2.32. The molecule has 1 aromatic rings. The van der Waals surface area contributed by atoms with E-state index in [1.165, 1.54) is 0 Å². The molecule has 3 N–H and O–H groups in total. The predicted octanol–water partition coefficient (Wildman–Crippen LogP) is 1.94. The maximum absolute atomic E-state index is 12.3. The first-order chi connectivity index (χ1) is 10.5. The average molecular weight is 340 g/mol. The predicted molar refractivity (Wildman–Crippen MR) is 93.5 cm³/mol. The molecule has 0 spiro atoms. The third kappa shape index (κ3) is 5.22. The van der Waals surface area contributed by atoms with E-state index in [1.807, 2.05) is 19.2 Å². The van der Waals surface area contributed by atoms with Crippen molar-refractivity contribution in [3.05, 3.63) is 35.4 Å². The van der Waals surface area contributed by atoms with Gasteiger partial charge in [-0.3, -0.25) is 9.59 Å². The summed E-state index contributed by atoms with van der Waals surface area (Å²) in [5.41, 5.74) is 7.67. The summed E-state index contributed by atoms with van der Waals surface area (Å²) in [5, 5.41) is 2.59. The number of hydrogen-bond donors (Lipinski definition) is 2. The van der Waals surface area contributed by atoms with Gasteiger partial charge in [0.25, 0.3) is 5.91 Å². The topological polar surface area (TPSA) is 75.4 Å². The minimum Gasteiger partial charge on any atom is -0.355 e. The fraction of sp³-hybridized carbons (Fsp3) is 0.529. The van der Waals surface area contributed by atoms with Crippen LogP contribution in [0.2, 0.25) is 0 Å². The first kappa shape index (κ1) is 19.5. The molecule has 1 saturated carbocycles. The van der Waals surface area contributed by atoms with Crippen molar-refractivity contribution in [3.63, 3.8) is 0 Å². The van der Waals surface area contributed by atoms with Crippen molar-refractivity contribution < 1.29 is 9.59 Å². The molecule has 2 amide bonds. The number of rotatable bonds is 5. The van der Waals surface area contributed by atoms with Crippen LogP contribution in [-0.2, 0) is 11.3 Å². The lowest BCUT2D eigenvalue weighted by molar-refractivity contribution is -0.131. The van der Waals surface area contributed by atoms with Gasteiger partial charge >= 0.3 is 0 Å². The number of nitrogens with two attached hydrogens (primary N) is 1. The molecular weight excluding hydrogens is 314 g/mol. The van der Waals surface area contributed by atoms with E-state index >= 15 is 0 Å². The van der Waals surface area contributed by atoms with Crippen molar-refractivity contribution in [1.82, 2.24) is 10.2 Å². The van der Waals surface area contributed by atoms with Crippen LogP contribution in [-0.4, -0.2) is 36.9 Å². The molecule has 0 bridgehead atoms. The highest BCUT2D eigenvalue weighted by Gasteiger charge is 2.27. The third-order valence-electron chi connectivity index (χ3n) is 4.44. The van der Waals surface area contributed by atoms with E-state index in [0.717, 1.165) is 24.8 Å². The third-order valence-corrected chi connectivity index (χ3v) is 4.44. The van der Waals surface area contributed by atoms with E-state index in [0.29, 0.717) is 24.4 Å². The summed E-state index contributed by atoms with van der Waals surface area (Å²) in [4.78, 5) is 25.5. The van der Waals surface area contributed by atoms with Crippen LogP contribution in [0, 0.1) is 5.92 Å². The van der Waals surface area contributed by atoms with Gasteiger partial charge < -0.3 is 16.0 Å². The first-order valence-electron chi connectivity index (χ1n) is 7.82. The highest BCUT2D eigenvalue weighted by Crippen LogP contribution is 2.27. The number of benzene rings is 1. The molecule has 0 radical (unpaired) electrons. The van der Waals surface area contributed by atoms with Crippen molar-refractivity contribution in [1.29, 1.82) is 0 Å². The number of amides is 2. The number of hydrogen-bond acceptors (Lipinski definition) is 3. The van der Waals surface area contributed by atoms with Gasteiger partial charge in [0.15, 0.2) is 0 Å². The smallest absolute Gasteiger partial charge is 0.251 e. The molecule has 0 saturated heterocycles. The van der Waals surface area contributed by atoms with E-state index in [2.05, 4.69) is 5.32 Å². The number of nitrogens with zero attached hydrogens (tertiary/aromatic N) is 1. The fourth-order valence-electron chi connectivity index (χ4n) is 2.97. The molecule has 1 aliphatic rings. The zero-order valence-corrected chi connectivity index (χ0v) is 14.6. The minimum absolute atomic E-state index is 0. The largest absolute Gasteiger partial charge is 0.355 e. The Kier molecular flexibility index (Phi) is 7.52. The summed E-state index contributed by atoms with van der Waals surface area (Å²) in [5.74, 6) is 0.356. The van der Waals surface area contributed by atoms with Crippen molar-refractivity contribution >= 4 is 24.2 Å². The van der Waals surface area contributed by atoms with Gasteiger partial charge in [0.2, 0.25) is 5.91 Å². The minimum atomic E-state index is -0.105. The molecular formula is C17H26ClN3O2. The van der Waals surface area contributed by atoms with Crippen LogP contribution in [0.4, 0.5) is 0 Å². The Labute approximate surface area is 144 Å². The van der Waals surface area contributed by atoms with Gasteiger partial charge in [-0.05, 0) is 36.5 Å². The number of halogens is 1. The normalized spacial score (nSPS) is 19.8. The Balaban J connectivity index is 0.00000264. The highest BCUT2D eigenvalue weighted by molar-refractivity contribution is 5.93. The zero-order chi connectivity index (χ0) is 16.1. The summed E-state index contributed by atoms with van der Waals surface area (Å²) >= 11 is 0. The molecule has 0 heterocycles. The first-order valence-corrected chi connectivity index (χ1v) is 7.82. The Morgan fingerprint density at radius 3 is 2.43 bits per heavy atom. The van der Waals surface area contributed by atoms with Crippen molar-refractivity contribution in [2.75, 3.05) is 14.1 Å². The van der Waals surface area contributed by atoms with Gasteiger partial charge in [0.1, 0.15) is 0 Å². The molecule has 1 aromatic carbocycles. The monoisotopic (exact) mass is 339 g/mol. The van der Waals surface area contributed by atoms with Gasteiger partial charge in [-0.15, -0.1) is 12.4 Å². The Morgan fingerprint density at radius 2 is 1.91 bits per heavy atom. The lowest BCUT2D eigenvalue weighted by Gasteiger charge is -2.21. The summed E-state index contributed by atoms with van der Waals surface area (Å²) < 4.78 is 0. The molecule has 1 fully saturated rings. The zero-order valence-electron chi connectivity index (χ0n) is 13.7. The molecule has 0 aromatic heterocycles. The Bertz CT molecular complexity index is 533. The standard InChI is InChI=1S/C17H25N3O2.ClH/c1-19-17(22)13-8-6-12(7-9-13)11-20(2)16(21)10-14-4-3-5-15(14)18;/h6-9,14-15H,3-5,10-11,18H2,1-2H3,(H,19,22);1H/t14-,15+;/m0./s1. The molecule has 1 aliphatic carbocycles. The number of nitrogens with one attached hydrogen (secondary N) is 1. The average Bonchev–Trinajstić information content (AvgIpc) is 2.92. The molecule has 23 heavy (non-hydrogen) atoms. The molecule has 128 valence electrons. The maximum Gasteiger partial charge on any atom is 0.251 e. The van der Waals surface area contributed by atoms with E-state index in [-0.39, 0.29) is 30.3 Å². The van der Waals surface area contributed by atoms with Gasteiger partial charge in [0.05, 0.1) is 0 Å². The Morgan fingerprint density at radius 1 is 1.26 bits per heavy atom. The summed E-state index contributed by atoms with van der Waals surface area (Å²) in [6.45, 7) is 0.550. The van der Waals surface area contributed by atoms with Crippen LogP contribution < -0.4 is 11.1 Å². The van der Waals surface area contributed by atoms with Crippen molar-refractivity contribution in [2.24, 2.45) is 11.7 Å². The summed E-state index contributed by atoms with van der Waals surface area (Å²) in [6, 6.07) is 7.49. The molecule has 6 heteroatoms. The fourth-order valence-corrected chi connectivity index (χ4v) is 2.97. The quantitative estimate of drug-likeness (QED) is 0.860. The van der Waals surface area contributed by atoms with Crippen LogP contribution in [0.5, 0.6) is 0 Å². The summed E-state index contributed by atoms with van der Waals surface area (Å²) in [6.07, 6.45) is 3.75. The van der Waals surface area contributed by atoms with Gasteiger partial charge in [-0.1, -0.05) is 18.6 Å². The van der Waals surface area contributed by atoms with E-state index in [4.69, 9.17) is 5.73 Å². The second kappa shape index (κ2) is 8.89.